The lowest BCUT2D eigenvalue weighted by molar-refractivity contribution is 0.0912. The smallest absolute Gasteiger partial charge is 0.256 e. The highest BCUT2D eigenvalue weighted by molar-refractivity contribution is 6.00. The van der Waals surface area contributed by atoms with Gasteiger partial charge in [-0.1, -0.05) is 13.8 Å². The second-order valence-corrected chi connectivity index (χ2v) is 7.16. The molecule has 10 nitrogen and oxygen atoms in total. The Kier molecular flexibility index (Phi) is 4.74. The van der Waals surface area contributed by atoms with Crippen molar-refractivity contribution < 1.29 is 18.8 Å². The van der Waals surface area contributed by atoms with Gasteiger partial charge in [0.15, 0.2) is 5.65 Å². The van der Waals surface area contributed by atoms with Gasteiger partial charge in [-0.15, -0.1) is 0 Å². The minimum atomic E-state index is -2.67. The van der Waals surface area contributed by atoms with Crippen molar-refractivity contribution in [1.29, 1.82) is 0 Å². The summed E-state index contributed by atoms with van der Waals surface area (Å²) in [5.41, 5.74) is 0.330. The van der Waals surface area contributed by atoms with Crippen LogP contribution in [0.25, 0.3) is 5.65 Å². The Bertz CT molecular complexity index is 1120. The molecule has 0 aliphatic rings. The van der Waals surface area contributed by atoms with Crippen molar-refractivity contribution in [3.8, 4) is 5.88 Å². The lowest BCUT2D eigenvalue weighted by atomic mass is 9.95. The molecule has 3 aromatic rings. The van der Waals surface area contributed by atoms with E-state index in [9.17, 15) is 9.90 Å². The van der Waals surface area contributed by atoms with Crippen LogP contribution in [0.3, 0.4) is 0 Å². The molecular formula is C19H25N7O3. The zero-order valence-corrected chi connectivity index (χ0v) is 16.4. The quantitative estimate of drug-likeness (QED) is 0.448. The fraction of sp³-hybridized carbons (Fsp3) is 0.368. The molecule has 3 heterocycles. The lowest BCUT2D eigenvalue weighted by Gasteiger charge is -2.21. The zero-order valence-electron chi connectivity index (χ0n) is 19.4. The van der Waals surface area contributed by atoms with Gasteiger partial charge in [0.2, 0.25) is 5.88 Å². The second-order valence-electron chi connectivity index (χ2n) is 7.16. The van der Waals surface area contributed by atoms with E-state index in [1.807, 2.05) is 13.8 Å². The number of anilines is 3. The van der Waals surface area contributed by atoms with Crippen LogP contribution >= 0.6 is 0 Å². The number of amides is 1. The number of aromatic nitrogens is 4. The van der Waals surface area contributed by atoms with Crippen LogP contribution in [-0.2, 0) is 0 Å². The van der Waals surface area contributed by atoms with Crippen LogP contribution in [0.1, 0.15) is 28.3 Å². The molecule has 0 unspecified atom stereocenters. The van der Waals surface area contributed by atoms with Crippen molar-refractivity contribution in [2.45, 2.75) is 13.8 Å². The van der Waals surface area contributed by atoms with Gasteiger partial charge >= 0.3 is 0 Å². The third kappa shape index (κ3) is 4.37. The summed E-state index contributed by atoms with van der Waals surface area (Å²) >= 11 is 0. The van der Waals surface area contributed by atoms with E-state index in [4.69, 9.17) is 8.85 Å². The number of carbonyl (C=O) groups is 1. The average Bonchev–Trinajstić information content (AvgIpc) is 3.16. The number of nitrogens with zero attached hydrogens (tertiary/aromatic N) is 4. The molecule has 0 fully saturated rings. The van der Waals surface area contributed by atoms with Gasteiger partial charge in [0, 0.05) is 37.9 Å². The first-order valence-corrected chi connectivity index (χ1v) is 8.90. The fourth-order valence-corrected chi connectivity index (χ4v) is 2.54. The van der Waals surface area contributed by atoms with Gasteiger partial charge in [0.25, 0.3) is 5.91 Å². The lowest BCUT2D eigenvalue weighted by Crippen LogP contribution is -2.36. The monoisotopic (exact) mass is 402 g/mol. The number of ether oxygens (including phenoxy) is 1. The third-order valence-electron chi connectivity index (χ3n) is 4.26. The molecule has 0 saturated heterocycles. The standard InChI is InChI=1S/C19H25N7O3/c1-19(2,11-27)10-22-17(28)12-9-23-26-15(20-3)8-14(25-16(12)26)24-13-6-5-7-21-18(13)29-4/h5-9,20,27H,10-11H2,1-4H3,(H,22,28)(H,24,25)/i4D3. The number of nitrogens with one attached hydrogen (secondary N) is 3. The number of pyridine rings is 1. The van der Waals surface area contributed by atoms with Crippen molar-refractivity contribution in [2.24, 2.45) is 5.41 Å². The van der Waals surface area contributed by atoms with Gasteiger partial charge < -0.3 is 25.8 Å². The average molecular weight is 402 g/mol. The molecule has 3 aromatic heterocycles. The van der Waals surface area contributed by atoms with E-state index in [1.54, 1.807) is 25.2 Å². The number of aliphatic hydroxyl groups is 1. The number of rotatable bonds is 8. The Morgan fingerprint density at radius 1 is 1.45 bits per heavy atom. The van der Waals surface area contributed by atoms with Crippen LogP contribution in [0.15, 0.2) is 30.6 Å². The Labute approximate surface area is 172 Å². The number of fused-ring (bicyclic) bond motifs is 1. The van der Waals surface area contributed by atoms with Gasteiger partial charge in [-0.25, -0.2) is 9.97 Å². The van der Waals surface area contributed by atoms with Crippen LogP contribution in [0, 0.1) is 5.41 Å². The Morgan fingerprint density at radius 2 is 2.28 bits per heavy atom. The predicted octanol–water partition coefficient (Wildman–Crippen LogP) is 1.67. The first-order valence-electron chi connectivity index (χ1n) is 10.4. The largest absolute Gasteiger partial charge is 0.480 e. The maximum absolute atomic E-state index is 12.7. The molecule has 1 amide bonds. The molecule has 0 aliphatic heterocycles. The van der Waals surface area contributed by atoms with Gasteiger partial charge in [-0.05, 0) is 12.1 Å². The van der Waals surface area contributed by atoms with Crippen LogP contribution < -0.4 is 20.7 Å². The third-order valence-corrected chi connectivity index (χ3v) is 4.26. The van der Waals surface area contributed by atoms with E-state index < -0.39 is 12.5 Å². The summed E-state index contributed by atoms with van der Waals surface area (Å²) in [6.07, 6.45) is 2.82. The summed E-state index contributed by atoms with van der Waals surface area (Å²) in [4.78, 5) is 21.2. The minimum Gasteiger partial charge on any atom is -0.480 e. The summed E-state index contributed by atoms with van der Waals surface area (Å²) in [5, 5.41) is 22.4. The van der Waals surface area contributed by atoms with Crippen LogP contribution in [0.4, 0.5) is 17.3 Å². The molecular weight excluding hydrogens is 374 g/mol. The fourth-order valence-electron chi connectivity index (χ4n) is 2.54. The minimum absolute atomic E-state index is 0.0793. The van der Waals surface area contributed by atoms with E-state index in [0.29, 0.717) is 11.6 Å². The number of hydrogen-bond acceptors (Lipinski definition) is 8. The highest BCUT2D eigenvalue weighted by Gasteiger charge is 2.21. The molecule has 0 atom stereocenters. The van der Waals surface area contributed by atoms with E-state index >= 15 is 0 Å². The molecule has 29 heavy (non-hydrogen) atoms. The SMILES string of the molecule is [2H]C([2H])([2H])Oc1ncccc1Nc1cc(NC)n2ncc(C(=O)NCC(C)(C)CO)c2n1. The maximum atomic E-state index is 12.7. The topological polar surface area (TPSA) is 126 Å². The Balaban J connectivity index is 1.95. The first-order chi connectivity index (χ1) is 15.0. The first kappa shape index (κ1) is 16.5. The number of hydrogen-bond donors (Lipinski definition) is 4. The molecule has 4 N–H and O–H groups in total. The van der Waals surface area contributed by atoms with Gasteiger partial charge in [-0.2, -0.15) is 9.61 Å². The molecule has 154 valence electrons. The summed E-state index contributed by atoms with van der Waals surface area (Å²) in [6, 6.07) is 4.86. The molecule has 0 bridgehead atoms. The Hall–Kier alpha value is -3.40. The summed E-state index contributed by atoms with van der Waals surface area (Å²) in [5.74, 6) is 0.351. The number of methoxy groups -OCH3 is 1. The summed E-state index contributed by atoms with van der Waals surface area (Å²) in [7, 11) is -0.978. The molecule has 10 heteroatoms. The van der Waals surface area contributed by atoms with E-state index in [2.05, 4.69) is 31.0 Å². The maximum Gasteiger partial charge on any atom is 0.256 e. The van der Waals surface area contributed by atoms with E-state index in [-0.39, 0.29) is 41.8 Å². The van der Waals surface area contributed by atoms with E-state index in [1.165, 1.54) is 16.9 Å². The summed E-state index contributed by atoms with van der Waals surface area (Å²) < 4.78 is 28.4. The molecule has 0 aliphatic carbocycles. The number of aliphatic hydroxyl groups excluding tert-OH is 1. The van der Waals surface area contributed by atoms with Gasteiger partial charge in [0.05, 0.1) is 17.3 Å². The van der Waals surface area contributed by atoms with Gasteiger partial charge in [0.1, 0.15) is 22.9 Å². The molecule has 0 saturated carbocycles. The number of carbonyl (C=O) groups excluding carboxylic acids is 1. The summed E-state index contributed by atoms with van der Waals surface area (Å²) in [6.45, 7) is 3.84. The highest BCUT2D eigenvalue weighted by atomic mass is 16.5. The van der Waals surface area contributed by atoms with Crippen molar-refractivity contribution in [3.63, 3.8) is 0 Å². The predicted molar refractivity (Wildman–Crippen MR) is 110 cm³/mol. The van der Waals surface area contributed by atoms with Crippen molar-refractivity contribution >= 4 is 28.9 Å². The zero-order chi connectivity index (χ0) is 23.5. The van der Waals surface area contributed by atoms with Crippen LogP contribution in [0.2, 0.25) is 0 Å². The van der Waals surface area contributed by atoms with Gasteiger partial charge in [-0.3, -0.25) is 4.79 Å². The van der Waals surface area contributed by atoms with Crippen LogP contribution in [0.5, 0.6) is 5.88 Å². The highest BCUT2D eigenvalue weighted by Crippen LogP contribution is 2.26. The molecule has 3 rings (SSSR count). The molecule has 0 spiro atoms. The Morgan fingerprint density at radius 3 is 3.00 bits per heavy atom. The van der Waals surface area contributed by atoms with Crippen molar-refractivity contribution in [1.82, 2.24) is 24.9 Å². The second kappa shape index (κ2) is 8.31. The van der Waals surface area contributed by atoms with Crippen LogP contribution in [-0.4, -0.2) is 57.8 Å². The van der Waals surface area contributed by atoms with Crippen molar-refractivity contribution in [2.75, 3.05) is 37.9 Å². The normalized spacial score (nSPS) is 13.3. The molecule has 0 aromatic carbocycles. The van der Waals surface area contributed by atoms with Crippen molar-refractivity contribution in [3.05, 3.63) is 36.2 Å². The molecule has 0 radical (unpaired) electrons. The van der Waals surface area contributed by atoms with E-state index in [0.717, 1.165) is 0 Å².